The lowest BCUT2D eigenvalue weighted by Gasteiger charge is -2.33. The molecule has 0 atom stereocenters. The van der Waals surface area contributed by atoms with Gasteiger partial charge in [0.1, 0.15) is 5.56 Å². The Balaban J connectivity index is 1.71. The molecule has 0 unspecified atom stereocenters. The van der Waals surface area contributed by atoms with Crippen LogP contribution in [0, 0.1) is 6.92 Å². The number of amides is 1. The molecule has 9 heteroatoms. The van der Waals surface area contributed by atoms with Gasteiger partial charge < -0.3 is 9.88 Å². The fraction of sp³-hybridized carbons (Fsp3) is 0.294. The van der Waals surface area contributed by atoms with Crippen molar-refractivity contribution >= 4 is 31.9 Å². The average molecular weight is 440 g/mol. The van der Waals surface area contributed by atoms with Crippen LogP contribution in [0.25, 0.3) is 0 Å². The number of halogens is 1. The molecule has 0 radical (unpaired) electrons. The van der Waals surface area contributed by atoms with Gasteiger partial charge in [-0.2, -0.15) is 4.31 Å². The topological polar surface area (TPSA) is 90.6 Å². The van der Waals surface area contributed by atoms with Crippen LogP contribution in [0.15, 0.2) is 50.6 Å². The Morgan fingerprint density at radius 2 is 1.65 bits per heavy atom. The number of hydrogen-bond acceptors (Lipinski definition) is 4. The van der Waals surface area contributed by atoms with Crippen LogP contribution in [0.1, 0.15) is 16.1 Å². The molecule has 3 rings (SSSR count). The Kier molecular flexibility index (Phi) is 5.31. The summed E-state index contributed by atoms with van der Waals surface area (Å²) in [6, 6.07) is 9.61. The zero-order chi connectivity index (χ0) is 18.9. The average Bonchev–Trinajstić information content (AvgIpc) is 2.62. The standard InChI is InChI=1S/C17H18BrN3O4S/c1-12-2-7-15(16(22)19-12)17(23)20-8-10-21(11-9-20)26(24,25)14-5-3-13(18)4-6-14/h2-7H,8-11H2,1H3,(H,19,22). The zero-order valence-electron chi connectivity index (χ0n) is 14.1. The van der Waals surface area contributed by atoms with Gasteiger partial charge in [-0.1, -0.05) is 15.9 Å². The maximum Gasteiger partial charge on any atom is 0.260 e. The molecule has 0 saturated carbocycles. The highest BCUT2D eigenvalue weighted by atomic mass is 79.9. The molecule has 1 aliphatic rings. The lowest BCUT2D eigenvalue weighted by atomic mass is 10.2. The number of aromatic nitrogens is 1. The van der Waals surface area contributed by atoms with Crippen LogP contribution >= 0.6 is 15.9 Å². The lowest BCUT2D eigenvalue weighted by molar-refractivity contribution is 0.0696. The van der Waals surface area contributed by atoms with Crippen molar-refractivity contribution in [3.8, 4) is 0 Å². The molecule has 1 saturated heterocycles. The number of pyridine rings is 1. The predicted octanol–water partition coefficient (Wildman–Crippen LogP) is 1.59. The molecular formula is C17H18BrN3O4S. The van der Waals surface area contributed by atoms with Crippen LogP contribution in [0.4, 0.5) is 0 Å². The minimum absolute atomic E-state index is 0.0693. The van der Waals surface area contributed by atoms with Crippen molar-refractivity contribution in [3.05, 3.63) is 62.5 Å². The first-order valence-corrected chi connectivity index (χ1v) is 10.3. The van der Waals surface area contributed by atoms with Gasteiger partial charge in [-0.05, 0) is 43.3 Å². The van der Waals surface area contributed by atoms with Crippen LogP contribution < -0.4 is 5.56 Å². The number of nitrogens with zero attached hydrogens (tertiary/aromatic N) is 2. The van der Waals surface area contributed by atoms with Crippen molar-refractivity contribution in [2.75, 3.05) is 26.2 Å². The molecule has 0 spiro atoms. The molecule has 2 aromatic rings. The molecule has 0 aliphatic carbocycles. The Morgan fingerprint density at radius 3 is 2.23 bits per heavy atom. The number of benzene rings is 1. The first-order chi connectivity index (χ1) is 12.3. The van der Waals surface area contributed by atoms with E-state index < -0.39 is 15.6 Å². The van der Waals surface area contributed by atoms with Gasteiger partial charge in [0.05, 0.1) is 4.90 Å². The number of rotatable bonds is 3. The SMILES string of the molecule is Cc1ccc(C(=O)N2CCN(S(=O)(=O)c3ccc(Br)cc3)CC2)c(=O)[nH]1. The summed E-state index contributed by atoms with van der Waals surface area (Å²) in [6.07, 6.45) is 0. The summed E-state index contributed by atoms with van der Waals surface area (Å²) < 4.78 is 27.5. The minimum atomic E-state index is -3.60. The normalized spacial score (nSPS) is 15.8. The molecule has 1 aliphatic heterocycles. The van der Waals surface area contributed by atoms with Crippen LogP contribution in [-0.4, -0.2) is 54.7 Å². The van der Waals surface area contributed by atoms with Gasteiger partial charge in [-0.3, -0.25) is 9.59 Å². The van der Waals surface area contributed by atoms with E-state index in [1.165, 1.54) is 15.3 Å². The van der Waals surface area contributed by atoms with Crippen LogP contribution in [0.2, 0.25) is 0 Å². The number of hydrogen-bond donors (Lipinski definition) is 1. The number of H-pyrrole nitrogens is 1. The fourth-order valence-corrected chi connectivity index (χ4v) is 4.48. The molecule has 1 amide bonds. The van der Waals surface area contributed by atoms with E-state index in [1.807, 2.05) is 0 Å². The Bertz CT molecular complexity index is 978. The van der Waals surface area contributed by atoms with Gasteiger partial charge in [0.25, 0.3) is 11.5 Å². The maximum absolute atomic E-state index is 12.7. The third kappa shape index (κ3) is 3.74. The number of aromatic amines is 1. The van der Waals surface area contributed by atoms with E-state index in [0.29, 0.717) is 5.69 Å². The fourth-order valence-electron chi connectivity index (χ4n) is 2.80. The number of sulfonamides is 1. The second kappa shape index (κ2) is 7.34. The molecule has 26 heavy (non-hydrogen) atoms. The van der Waals surface area contributed by atoms with E-state index in [-0.39, 0.29) is 42.5 Å². The third-order valence-corrected chi connectivity index (χ3v) is 6.70. The van der Waals surface area contributed by atoms with Gasteiger partial charge >= 0.3 is 0 Å². The maximum atomic E-state index is 12.7. The number of nitrogens with one attached hydrogen (secondary N) is 1. The molecule has 1 fully saturated rings. The number of aryl methyl sites for hydroxylation is 1. The quantitative estimate of drug-likeness (QED) is 0.785. The highest BCUT2D eigenvalue weighted by Gasteiger charge is 2.31. The molecule has 0 bridgehead atoms. The Morgan fingerprint density at radius 1 is 1.04 bits per heavy atom. The molecule has 2 heterocycles. The lowest BCUT2D eigenvalue weighted by Crippen LogP contribution is -2.51. The largest absolute Gasteiger partial charge is 0.336 e. The van der Waals surface area contributed by atoms with Gasteiger partial charge in [-0.15, -0.1) is 0 Å². The summed E-state index contributed by atoms with van der Waals surface area (Å²) in [7, 11) is -3.60. The van der Waals surface area contributed by atoms with Crippen molar-refractivity contribution in [2.45, 2.75) is 11.8 Å². The number of carbonyl (C=O) groups is 1. The second-order valence-electron chi connectivity index (χ2n) is 6.03. The smallest absolute Gasteiger partial charge is 0.260 e. The van der Waals surface area contributed by atoms with Crippen molar-refractivity contribution in [3.63, 3.8) is 0 Å². The minimum Gasteiger partial charge on any atom is -0.336 e. The molecule has 1 aromatic heterocycles. The Labute approximate surface area is 159 Å². The van der Waals surface area contributed by atoms with Crippen molar-refractivity contribution in [1.82, 2.24) is 14.2 Å². The third-order valence-electron chi connectivity index (χ3n) is 4.26. The zero-order valence-corrected chi connectivity index (χ0v) is 16.5. The molecule has 138 valence electrons. The van der Waals surface area contributed by atoms with Gasteiger partial charge in [0, 0.05) is 36.3 Å². The summed E-state index contributed by atoms with van der Waals surface area (Å²) in [5.41, 5.74) is 0.316. The first kappa shape index (κ1) is 18.8. The molecule has 7 nitrogen and oxygen atoms in total. The van der Waals surface area contributed by atoms with Crippen LogP contribution in [0.3, 0.4) is 0 Å². The highest BCUT2D eigenvalue weighted by molar-refractivity contribution is 9.10. The molecular weight excluding hydrogens is 422 g/mol. The predicted molar refractivity (Wildman–Crippen MR) is 101 cm³/mol. The molecule has 1 N–H and O–H groups in total. The number of carbonyl (C=O) groups excluding carboxylic acids is 1. The van der Waals surface area contributed by atoms with E-state index in [1.54, 1.807) is 37.3 Å². The highest BCUT2D eigenvalue weighted by Crippen LogP contribution is 2.20. The summed E-state index contributed by atoms with van der Waals surface area (Å²) in [6.45, 7) is 2.59. The van der Waals surface area contributed by atoms with Gasteiger partial charge in [-0.25, -0.2) is 8.42 Å². The van der Waals surface area contributed by atoms with Gasteiger partial charge in [0.15, 0.2) is 0 Å². The van der Waals surface area contributed by atoms with E-state index in [0.717, 1.165) is 4.47 Å². The summed E-state index contributed by atoms with van der Waals surface area (Å²) in [4.78, 5) is 28.8. The van der Waals surface area contributed by atoms with E-state index in [9.17, 15) is 18.0 Å². The number of piperazine rings is 1. The van der Waals surface area contributed by atoms with Gasteiger partial charge in [0.2, 0.25) is 10.0 Å². The monoisotopic (exact) mass is 439 g/mol. The van der Waals surface area contributed by atoms with Crippen LogP contribution in [0.5, 0.6) is 0 Å². The molecule has 1 aromatic carbocycles. The van der Waals surface area contributed by atoms with E-state index in [4.69, 9.17) is 0 Å². The van der Waals surface area contributed by atoms with E-state index in [2.05, 4.69) is 20.9 Å². The summed E-state index contributed by atoms with van der Waals surface area (Å²) in [5.74, 6) is -0.382. The Hall–Kier alpha value is -1.97. The van der Waals surface area contributed by atoms with Crippen molar-refractivity contribution in [1.29, 1.82) is 0 Å². The van der Waals surface area contributed by atoms with Crippen molar-refractivity contribution < 1.29 is 13.2 Å². The summed E-state index contributed by atoms with van der Waals surface area (Å²) >= 11 is 3.28. The first-order valence-electron chi connectivity index (χ1n) is 8.04. The summed E-state index contributed by atoms with van der Waals surface area (Å²) in [5, 5.41) is 0. The van der Waals surface area contributed by atoms with E-state index >= 15 is 0 Å². The van der Waals surface area contributed by atoms with Crippen LogP contribution in [-0.2, 0) is 10.0 Å². The van der Waals surface area contributed by atoms with Crippen molar-refractivity contribution in [2.24, 2.45) is 0 Å². The second-order valence-corrected chi connectivity index (χ2v) is 8.89.